The summed E-state index contributed by atoms with van der Waals surface area (Å²) in [7, 11) is 4.06. The molecule has 2 aromatic heterocycles. The van der Waals surface area contributed by atoms with Crippen molar-refractivity contribution in [1.29, 1.82) is 0 Å². The molecule has 41 heavy (non-hydrogen) atoms. The third kappa shape index (κ3) is 6.59. The maximum Gasteiger partial charge on any atom is 0.416 e. The van der Waals surface area contributed by atoms with Crippen LogP contribution in [0.25, 0.3) is 5.65 Å². The summed E-state index contributed by atoms with van der Waals surface area (Å²) < 4.78 is 43.9. The van der Waals surface area contributed by atoms with Gasteiger partial charge in [0.15, 0.2) is 5.65 Å². The van der Waals surface area contributed by atoms with E-state index in [4.69, 9.17) is 0 Å². The first-order valence-corrected chi connectivity index (χ1v) is 13.4. The van der Waals surface area contributed by atoms with Crippen molar-refractivity contribution in [3.63, 3.8) is 0 Å². The molecule has 0 saturated carbocycles. The molecule has 0 spiro atoms. The summed E-state index contributed by atoms with van der Waals surface area (Å²) in [5.41, 5.74) is 2.68. The van der Waals surface area contributed by atoms with Crippen LogP contribution in [0.5, 0.6) is 0 Å². The molecular formula is C31H31F3N6O. The number of imidazole rings is 1. The van der Waals surface area contributed by atoms with Crippen LogP contribution in [-0.4, -0.2) is 63.3 Å². The zero-order valence-corrected chi connectivity index (χ0v) is 23.2. The Morgan fingerprint density at radius 1 is 1.10 bits per heavy atom. The lowest BCUT2D eigenvalue weighted by Gasteiger charge is -2.35. The minimum atomic E-state index is -4.54. The number of carbonyl (C=O) groups excluding carboxylic acids is 1. The number of hydrogen-bond donors (Lipinski definition) is 1. The van der Waals surface area contributed by atoms with E-state index in [0.717, 1.165) is 37.6 Å². The summed E-state index contributed by atoms with van der Waals surface area (Å²) in [6.45, 7) is 3.57. The Morgan fingerprint density at radius 3 is 2.61 bits per heavy atom. The van der Waals surface area contributed by atoms with E-state index in [1.165, 1.54) is 12.1 Å². The predicted molar refractivity (Wildman–Crippen MR) is 152 cm³/mol. The zero-order chi connectivity index (χ0) is 29.1. The smallest absolute Gasteiger partial charge is 0.322 e. The number of piperidine rings is 1. The van der Waals surface area contributed by atoms with Crippen molar-refractivity contribution in [2.45, 2.75) is 38.5 Å². The number of benzene rings is 2. The standard InChI is InChI=1S/C31H31F3N6O/c1-21-4-5-23(16-22(21)7-9-27-18-36-29-19-35-12-15-40(27)29)30(41)37-25-8-6-24(28(17-25)31(32,33)34)20-39-13-10-26(11-14-39)38(2)3/h4-6,8,12,15-19,26H,10-11,13-14,20H2,1-3H3,(H,37,41). The molecule has 0 radical (unpaired) electrons. The molecule has 2 aromatic carbocycles. The molecule has 0 bridgehead atoms. The van der Waals surface area contributed by atoms with E-state index in [9.17, 15) is 18.0 Å². The third-order valence-corrected chi connectivity index (χ3v) is 7.50. The van der Waals surface area contributed by atoms with Gasteiger partial charge in [0.2, 0.25) is 0 Å². The number of aromatic nitrogens is 3. The predicted octanol–water partition coefficient (Wildman–Crippen LogP) is 5.23. The Labute approximate surface area is 237 Å². The van der Waals surface area contributed by atoms with Crippen molar-refractivity contribution >= 4 is 17.2 Å². The van der Waals surface area contributed by atoms with Crippen LogP contribution in [0.15, 0.2) is 61.2 Å². The Morgan fingerprint density at radius 2 is 1.88 bits per heavy atom. The SMILES string of the molecule is Cc1ccc(C(=O)Nc2ccc(CN3CCC(N(C)C)CC3)c(C(F)(F)F)c2)cc1C#Cc1cnc2cnccn12. The van der Waals surface area contributed by atoms with Crippen LogP contribution >= 0.6 is 0 Å². The number of nitrogens with zero attached hydrogens (tertiary/aromatic N) is 5. The van der Waals surface area contributed by atoms with Gasteiger partial charge in [0.25, 0.3) is 5.91 Å². The van der Waals surface area contributed by atoms with Gasteiger partial charge in [0.05, 0.1) is 18.0 Å². The fourth-order valence-electron chi connectivity index (χ4n) is 5.06. The van der Waals surface area contributed by atoms with Gasteiger partial charge in [-0.25, -0.2) is 4.98 Å². The fourth-order valence-corrected chi connectivity index (χ4v) is 5.06. The number of aryl methyl sites for hydroxylation is 1. The highest BCUT2D eigenvalue weighted by molar-refractivity contribution is 6.04. The van der Waals surface area contributed by atoms with E-state index in [-0.39, 0.29) is 17.8 Å². The van der Waals surface area contributed by atoms with Gasteiger partial charge in [-0.15, -0.1) is 0 Å². The number of halogens is 3. The molecule has 1 aliphatic heterocycles. The zero-order valence-electron chi connectivity index (χ0n) is 23.2. The molecule has 7 nitrogen and oxygen atoms in total. The van der Waals surface area contributed by atoms with Crippen molar-refractivity contribution < 1.29 is 18.0 Å². The molecular weight excluding hydrogens is 529 g/mol. The van der Waals surface area contributed by atoms with Crippen LogP contribution in [-0.2, 0) is 12.7 Å². The first-order valence-electron chi connectivity index (χ1n) is 13.4. The molecule has 1 amide bonds. The van der Waals surface area contributed by atoms with Gasteiger partial charge < -0.3 is 10.2 Å². The van der Waals surface area contributed by atoms with E-state index >= 15 is 0 Å². The Balaban J connectivity index is 1.32. The van der Waals surface area contributed by atoms with E-state index in [1.54, 1.807) is 47.4 Å². The van der Waals surface area contributed by atoms with Crippen molar-refractivity contribution in [1.82, 2.24) is 24.2 Å². The summed E-state index contributed by atoms with van der Waals surface area (Å²) in [4.78, 5) is 25.6. The molecule has 1 fully saturated rings. The molecule has 10 heteroatoms. The second-order valence-corrected chi connectivity index (χ2v) is 10.5. The summed E-state index contributed by atoms with van der Waals surface area (Å²) in [5.74, 6) is 5.64. The molecule has 1 N–H and O–H groups in total. The quantitative estimate of drug-likeness (QED) is 0.339. The number of anilines is 1. The van der Waals surface area contributed by atoms with E-state index in [1.807, 2.05) is 21.0 Å². The number of fused-ring (bicyclic) bond motifs is 1. The van der Waals surface area contributed by atoms with Crippen LogP contribution in [0.4, 0.5) is 18.9 Å². The topological polar surface area (TPSA) is 65.8 Å². The third-order valence-electron chi connectivity index (χ3n) is 7.50. The Kier molecular flexibility index (Phi) is 8.10. The van der Waals surface area contributed by atoms with Crippen LogP contribution < -0.4 is 5.32 Å². The number of nitrogens with one attached hydrogen (secondary N) is 1. The average Bonchev–Trinajstić information content (AvgIpc) is 3.36. The van der Waals surface area contributed by atoms with Crippen LogP contribution in [0.3, 0.4) is 0 Å². The second-order valence-electron chi connectivity index (χ2n) is 10.5. The van der Waals surface area contributed by atoms with Gasteiger partial charge in [-0.05, 0) is 88.3 Å². The van der Waals surface area contributed by atoms with E-state index < -0.39 is 17.6 Å². The Bertz CT molecular complexity index is 1620. The van der Waals surface area contributed by atoms with Gasteiger partial charge in [0, 0.05) is 41.8 Å². The van der Waals surface area contributed by atoms with Gasteiger partial charge in [-0.3, -0.25) is 19.1 Å². The molecule has 1 saturated heterocycles. The molecule has 5 rings (SSSR count). The van der Waals surface area contributed by atoms with Crippen molar-refractivity contribution in [2.24, 2.45) is 0 Å². The van der Waals surface area contributed by atoms with Crippen LogP contribution in [0.2, 0.25) is 0 Å². The molecule has 1 aliphatic rings. The highest BCUT2D eigenvalue weighted by Crippen LogP contribution is 2.35. The molecule has 212 valence electrons. The number of amides is 1. The summed E-state index contributed by atoms with van der Waals surface area (Å²) in [6, 6.07) is 9.50. The summed E-state index contributed by atoms with van der Waals surface area (Å²) >= 11 is 0. The largest absolute Gasteiger partial charge is 0.416 e. The average molecular weight is 561 g/mol. The van der Waals surface area contributed by atoms with Crippen LogP contribution in [0, 0.1) is 18.8 Å². The molecule has 0 aliphatic carbocycles. The summed E-state index contributed by atoms with van der Waals surface area (Å²) in [5, 5.41) is 2.63. The number of likely N-dealkylation sites (tertiary alicyclic amines) is 1. The lowest BCUT2D eigenvalue weighted by Crippen LogP contribution is -2.41. The maximum absolute atomic E-state index is 14.0. The first kappa shape index (κ1) is 28.3. The van der Waals surface area contributed by atoms with E-state index in [0.29, 0.717) is 28.5 Å². The minimum absolute atomic E-state index is 0.0879. The lowest BCUT2D eigenvalue weighted by atomic mass is 10.0. The highest BCUT2D eigenvalue weighted by Gasteiger charge is 2.34. The number of alkyl halides is 3. The Hall–Kier alpha value is -4.20. The van der Waals surface area contributed by atoms with Crippen molar-refractivity contribution in [3.05, 3.63) is 94.7 Å². The monoisotopic (exact) mass is 560 g/mol. The van der Waals surface area contributed by atoms with Gasteiger partial charge in [-0.2, -0.15) is 13.2 Å². The van der Waals surface area contributed by atoms with Gasteiger partial charge >= 0.3 is 6.18 Å². The lowest BCUT2D eigenvalue weighted by molar-refractivity contribution is -0.138. The number of hydrogen-bond acceptors (Lipinski definition) is 5. The first-order chi connectivity index (χ1) is 19.6. The molecule has 3 heterocycles. The van der Waals surface area contributed by atoms with E-state index in [2.05, 4.69) is 36.9 Å². The molecule has 4 aromatic rings. The minimum Gasteiger partial charge on any atom is -0.322 e. The van der Waals surface area contributed by atoms with Crippen molar-refractivity contribution in [3.8, 4) is 11.8 Å². The molecule has 0 atom stereocenters. The highest BCUT2D eigenvalue weighted by atomic mass is 19.4. The summed E-state index contributed by atoms with van der Waals surface area (Å²) in [6.07, 6.45) is 3.97. The van der Waals surface area contributed by atoms with Gasteiger partial charge in [-0.1, -0.05) is 18.1 Å². The fraction of sp³-hybridized carbons (Fsp3) is 0.323. The number of carbonyl (C=O) groups is 1. The normalized spacial score (nSPS) is 14.7. The second kappa shape index (κ2) is 11.7. The van der Waals surface area contributed by atoms with Crippen LogP contribution in [0.1, 0.15) is 51.1 Å². The van der Waals surface area contributed by atoms with Crippen molar-refractivity contribution in [2.75, 3.05) is 32.5 Å². The van der Waals surface area contributed by atoms with Gasteiger partial charge in [0.1, 0.15) is 5.69 Å². The molecule has 0 unspecified atom stereocenters. The maximum atomic E-state index is 14.0. The number of rotatable bonds is 5.